The highest BCUT2D eigenvalue weighted by atomic mass is 32.2. The number of benzene rings is 1. The molecule has 21 heavy (non-hydrogen) atoms. The summed E-state index contributed by atoms with van der Waals surface area (Å²) in [7, 11) is 0. The third-order valence-electron chi connectivity index (χ3n) is 2.63. The van der Waals surface area contributed by atoms with E-state index in [0.29, 0.717) is 5.69 Å². The molecule has 1 heterocycles. The van der Waals surface area contributed by atoms with E-state index in [1.807, 2.05) is 31.2 Å². The van der Waals surface area contributed by atoms with Gasteiger partial charge in [-0.3, -0.25) is 9.48 Å². The summed E-state index contributed by atoms with van der Waals surface area (Å²) in [6.45, 7) is 1.52. The molecule has 0 bridgehead atoms. The Morgan fingerprint density at radius 3 is 2.76 bits per heavy atom. The Labute approximate surface area is 125 Å². The van der Waals surface area contributed by atoms with E-state index < -0.39 is 13.0 Å². The Hall–Kier alpha value is -1.89. The highest BCUT2D eigenvalue weighted by Gasteiger charge is 2.08. The lowest BCUT2D eigenvalue weighted by atomic mass is 10.2. The van der Waals surface area contributed by atoms with Gasteiger partial charge in [-0.2, -0.15) is 5.10 Å². The SMILES string of the molecule is Cc1ccc(SCC(=O)Nc2cnn(CC(F)F)c2)cc1. The molecule has 0 spiro atoms. The molecule has 7 heteroatoms. The lowest BCUT2D eigenvalue weighted by Gasteiger charge is -2.03. The molecule has 1 amide bonds. The topological polar surface area (TPSA) is 46.9 Å². The molecule has 0 aliphatic carbocycles. The maximum Gasteiger partial charge on any atom is 0.257 e. The molecule has 0 fully saturated rings. The molecule has 0 unspecified atom stereocenters. The fraction of sp³-hybridized carbons (Fsp3) is 0.286. The van der Waals surface area contributed by atoms with Crippen LogP contribution in [0, 0.1) is 6.92 Å². The van der Waals surface area contributed by atoms with Crippen LogP contribution in [-0.4, -0.2) is 27.9 Å². The molecule has 2 aromatic rings. The quantitative estimate of drug-likeness (QED) is 0.834. The summed E-state index contributed by atoms with van der Waals surface area (Å²) in [6, 6.07) is 7.87. The number of carbonyl (C=O) groups excluding carboxylic acids is 1. The molecular formula is C14H15F2N3OS. The van der Waals surface area contributed by atoms with Crippen molar-refractivity contribution >= 4 is 23.4 Å². The smallest absolute Gasteiger partial charge is 0.257 e. The predicted molar refractivity (Wildman–Crippen MR) is 78.8 cm³/mol. The van der Waals surface area contributed by atoms with Crippen LogP contribution < -0.4 is 5.32 Å². The van der Waals surface area contributed by atoms with E-state index in [2.05, 4.69) is 10.4 Å². The molecule has 0 aliphatic heterocycles. The highest BCUT2D eigenvalue weighted by molar-refractivity contribution is 8.00. The van der Waals surface area contributed by atoms with Gasteiger partial charge in [-0.05, 0) is 19.1 Å². The second-order valence-electron chi connectivity index (χ2n) is 4.49. The van der Waals surface area contributed by atoms with Crippen molar-refractivity contribution in [3.8, 4) is 0 Å². The molecule has 0 saturated heterocycles. The standard InChI is InChI=1S/C14H15F2N3OS/c1-10-2-4-12(5-3-10)21-9-14(20)18-11-6-17-19(7-11)8-13(15)16/h2-7,13H,8-9H2,1H3,(H,18,20). The van der Waals surface area contributed by atoms with Crippen molar-refractivity contribution in [2.45, 2.75) is 24.8 Å². The zero-order valence-corrected chi connectivity index (χ0v) is 12.2. The predicted octanol–water partition coefficient (Wildman–Crippen LogP) is 3.19. The summed E-state index contributed by atoms with van der Waals surface area (Å²) >= 11 is 1.41. The number of aryl methyl sites for hydroxylation is 1. The van der Waals surface area contributed by atoms with Crippen molar-refractivity contribution in [2.75, 3.05) is 11.1 Å². The highest BCUT2D eigenvalue weighted by Crippen LogP contribution is 2.18. The van der Waals surface area contributed by atoms with E-state index in [1.165, 1.54) is 24.2 Å². The summed E-state index contributed by atoms with van der Waals surface area (Å²) < 4.78 is 25.5. The van der Waals surface area contributed by atoms with E-state index in [4.69, 9.17) is 0 Å². The van der Waals surface area contributed by atoms with E-state index >= 15 is 0 Å². The van der Waals surface area contributed by atoms with Gasteiger partial charge in [-0.1, -0.05) is 17.7 Å². The number of hydrogen-bond acceptors (Lipinski definition) is 3. The van der Waals surface area contributed by atoms with Gasteiger partial charge in [0.25, 0.3) is 6.43 Å². The van der Waals surface area contributed by atoms with Crippen molar-refractivity contribution in [2.24, 2.45) is 0 Å². The average Bonchev–Trinajstić information content (AvgIpc) is 2.84. The van der Waals surface area contributed by atoms with E-state index in [9.17, 15) is 13.6 Å². The summed E-state index contributed by atoms with van der Waals surface area (Å²) in [6.07, 6.45) is 0.280. The third kappa shape index (κ3) is 5.18. The maximum absolute atomic E-state index is 12.2. The molecule has 1 N–H and O–H groups in total. The number of rotatable bonds is 6. The number of alkyl halides is 2. The van der Waals surface area contributed by atoms with Gasteiger partial charge in [0.05, 0.1) is 17.6 Å². The number of amides is 1. The Morgan fingerprint density at radius 1 is 1.38 bits per heavy atom. The van der Waals surface area contributed by atoms with Crippen LogP contribution >= 0.6 is 11.8 Å². The van der Waals surface area contributed by atoms with Gasteiger partial charge in [-0.25, -0.2) is 8.78 Å². The summed E-state index contributed by atoms with van der Waals surface area (Å²) in [4.78, 5) is 12.8. The van der Waals surface area contributed by atoms with Gasteiger partial charge in [0, 0.05) is 11.1 Å². The molecule has 1 aromatic carbocycles. The zero-order valence-electron chi connectivity index (χ0n) is 11.4. The number of nitrogens with zero attached hydrogens (tertiary/aromatic N) is 2. The minimum atomic E-state index is -2.47. The number of carbonyl (C=O) groups is 1. The minimum absolute atomic E-state index is 0.197. The second-order valence-corrected chi connectivity index (χ2v) is 5.54. The largest absolute Gasteiger partial charge is 0.323 e. The molecule has 112 valence electrons. The third-order valence-corrected chi connectivity index (χ3v) is 3.65. The van der Waals surface area contributed by atoms with Crippen LogP contribution in [0.5, 0.6) is 0 Å². The van der Waals surface area contributed by atoms with Crippen LogP contribution in [0.15, 0.2) is 41.6 Å². The van der Waals surface area contributed by atoms with Crippen LogP contribution in [0.4, 0.5) is 14.5 Å². The normalized spacial score (nSPS) is 10.9. The van der Waals surface area contributed by atoms with Gasteiger partial charge in [0.15, 0.2) is 0 Å². The van der Waals surface area contributed by atoms with Gasteiger partial charge in [0.1, 0.15) is 6.54 Å². The summed E-state index contributed by atoms with van der Waals surface area (Å²) in [5.41, 5.74) is 1.58. The Kier molecular flexibility index (Phi) is 5.32. The number of thioether (sulfide) groups is 1. The fourth-order valence-corrected chi connectivity index (χ4v) is 2.35. The molecule has 4 nitrogen and oxygen atoms in total. The molecule has 0 aliphatic rings. The summed E-state index contributed by atoms with van der Waals surface area (Å²) in [5.74, 6) is 0.0560. The number of aromatic nitrogens is 2. The zero-order chi connectivity index (χ0) is 15.2. The van der Waals surface area contributed by atoms with Crippen LogP contribution in [0.1, 0.15) is 5.56 Å². The van der Waals surface area contributed by atoms with Crippen molar-refractivity contribution in [1.82, 2.24) is 9.78 Å². The van der Waals surface area contributed by atoms with Gasteiger partial charge in [-0.15, -0.1) is 11.8 Å². The van der Waals surface area contributed by atoms with Crippen molar-refractivity contribution < 1.29 is 13.6 Å². The van der Waals surface area contributed by atoms with Gasteiger partial charge >= 0.3 is 0 Å². The van der Waals surface area contributed by atoms with Crippen LogP contribution in [-0.2, 0) is 11.3 Å². The van der Waals surface area contributed by atoms with E-state index in [0.717, 1.165) is 15.1 Å². The van der Waals surface area contributed by atoms with Crippen molar-refractivity contribution in [3.63, 3.8) is 0 Å². The molecule has 1 aromatic heterocycles. The molecular weight excluding hydrogens is 296 g/mol. The Balaban J connectivity index is 1.81. The first kappa shape index (κ1) is 15.5. The van der Waals surface area contributed by atoms with Crippen LogP contribution in [0.2, 0.25) is 0 Å². The average molecular weight is 311 g/mol. The number of halogens is 2. The van der Waals surface area contributed by atoms with E-state index in [1.54, 1.807) is 0 Å². The second kappa shape index (κ2) is 7.21. The lowest BCUT2D eigenvalue weighted by Crippen LogP contribution is -2.13. The molecule has 2 rings (SSSR count). The maximum atomic E-state index is 12.2. The van der Waals surface area contributed by atoms with Crippen molar-refractivity contribution in [1.29, 1.82) is 0 Å². The van der Waals surface area contributed by atoms with Crippen LogP contribution in [0.3, 0.4) is 0 Å². The minimum Gasteiger partial charge on any atom is -0.323 e. The lowest BCUT2D eigenvalue weighted by molar-refractivity contribution is -0.113. The Bertz CT molecular complexity index is 599. The van der Waals surface area contributed by atoms with Gasteiger partial charge in [0.2, 0.25) is 5.91 Å². The summed E-state index contributed by atoms with van der Waals surface area (Å²) in [5, 5.41) is 6.38. The first-order valence-electron chi connectivity index (χ1n) is 6.33. The molecule has 0 atom stereocenters. The fourth-order valence-electron chi connectivity index (χ4n) is 1.65. The first-order valence-corrected chi connectivity index (χ1v) is 7.31. The van der Waals surface area contributed by atoms with Gasteiger partial charge < -0.3 is 5.32 Å². The monoisotopic (exact) mass is 311 g/mol. The Morgan fingerprint density at radius 2 is 2.10 bits per heavy atom. The molecule has 0 radical (unpaired) electrons. The first-order chi connectivity index (χ1) is 10.0. The molecule has 0 saturated carbocycles. The number of hydrogen-bond donors (Lipinski definition) is 1. The number of nitrogens with one attached hydrogen (secondary N) is 1. The van der Waals surface area contributed by atoms with Crippen molar-refractivity contribution in [3.05, 3.63) is 42.2 Å². The van der Waals surface area contributed by atoms with Crippen LogP contribution in [0.25, 0.3) is 0 Å². The van der Waals surface area contributed by atoms with E-state index in [-0.39, 0.29) is 11.7 Å². The number of anilines is 1.